The molecule has 0 atom stereocenters. The molecule has 0 saturated heterocycles. The quantitative estimate of drug-likeness (QED) is 0.934. The second kappa shape index (κ2) is 5.57. The molecule has 1 aromatic carbocycles. The summed E-state index contributed by atoms with van der Waals surface area (Å²) in [5.74, 6) is -0.547. The molecule has 0 fully saturated rings. The average molecular weight is 323 g/mol. The van der Waals surface area contributed by atoms with Crippen LogP contribution in [0.25, 0.3) is 11.3 Å². The van der Waals surface area contributed by atoms with E-state index in [9.17, 15) is 9.90 Å². The zero-order valence-corrected chi connectivity index (χ0v) is 12.4. The van der Waals surface area contributed by atoms with E-state index in [2.05, 4.69) is 34.9 Å². The zero-order chi connectivity index (χ0) is 14.0. The fraction of sp³-hybridized carbons (Fsp3) is 0.286. The van der Waals surface area contributed by atoms with Crippen LogP contribution in [-0.2, 0) is 6.54 Å². The van der Waals surface area contributed by atoms with Crippen molar-refractivity contribution < 1.29 is 9.90 Å². The Bertz CT molecular complexity index is 605. The lowest BCUT2D eigenvalue weighted by molar-refractivity contribution is 0.0697. The Balaban J connectivity index is 2.52. The van der Waals surface area contributed by atoms with Gasteiger partial charge in [0, 0.05) is 22.8 Å². The van der Waals surface area contributed by atoms with E-state index in [1.165, 1.54) is 0 Å². The number of carboxylic acid groups (broad SMARTS) is 1. The summed E-state index contributed by atoms with van der Waals surface area (Å²) in [6.45, 7) is 4.84. The van der Waals surface area contributed by atoms with Gasteiger partial charge in [-0.25, -0.2) is 4.79 Å². The average Bonchev–Trinajstić information content (AvgIpc) is 2.72. The van der Waals surface area contributed by atoms with Crippen molar-refractivity contribution in [2.45, 2.75) is 20.4 Å². The van der Waals surface area contributed by atoms with Gasteiger partial charge in [0.15, 0.2) is 0 Å². The molecule has 0 spiro atoms. The van der Waals surface area contributed by atoms with Gasteiger partial charge in [-0.2, -0.15) is 5.10 Å². The summed E-state index contributed by atoms with van der Waals surface area (Å²) in [4.78, 5) is 11.3. The van der Waals surface area contributed by atoms with E-state index < -0.39 is 5.97 Å². The zero-order valence-electron chi connectivity index (χ0n) is 10.8. The maximum absolute atomic E-state index is 11.3. The van der Waals surface area contributed by atoms with Crippen LogP contribution in [0.2, 0.25) is 0 Å². The molecular formula is C14H15BrN2O2. The first-order valence-electron chi connectivity index (χ1n) is 6.04. The molecule has 1 heterocycles. The van der Waals surface area contributed by atoms with Crippen LogP contribution in [0.4, 0.5) is 0 Å². The Labute approximate surface area is 120 Å². The fourth-order valence-corrected chi connectivity index (χ4v) is 2.37. The van der Waals surface area contributed by atoms with Crippen molar-refractivity contribution in [3.63, 3.8) is 0 Å². The summed E-state index contributed by atoms with van der Waals surface area (Å²) >= 11 is 3.43. The number of hydrogen-bond acceptors (Lipinski definition) is 2. The summed E-state index contributed by atoms with van der Waals surface area (Å²) in [6, 6.07) is 7.49. The first-order valence-corrected chi connectivity index (χ1v) is 6.84. The molecule has 0 radical (unpaired) electrons. The van der Waals surface area contributed by atoms with Crippen molar-refractivity contribution in [3.8, 4) is 11.3 Å². The Morgan fingerprint density at radius 2 is 2.11 bits per heavy atom. The number of benzene rings is 1. The van der Waals surface area contributed by atoms with Gasteiger partial charge in [-0.3, -0.25) is 4.68 Å². The van der Waals surface area contributed by atoms with Crippen molar-refractivity contribution in [1.82, 2.24) is 9.78 Å². The van der Waals surface area contributed by atoms with E-state index in [1.54, 1.807) is 10.9 Å². The van der Waals surface area contributed by atoms with Crippen LogP contribution in [-0.4, -0.2) is 20.9 Å². The number of halogens is 1. The SMILES string of the molecule is CC(C)Cn1cc(C(=O)O)c(-c2ccccc2Br)n1. The number of nitrogens with zero attached hydrogens (tertiary/aromatic N) is 2. The van der Waals surface area contributed by atoms with Gasteiger partial charge in [0.1, 0.15) is 11.3 Å². The highest BCUT2D eigenvalue weighted by Crippen LogP contribution is 2.29. The maximum atomic E-state index is 11.3. The van der Waals surface area contributed by atoms with Gasteiger partial charge in [0.25, 0.3) is 0 Å². The second-order valence-corrected chi connectivity index (χ2v) is 5.65. The van der Waals surface area contributed by atoms with E-state index in [4.69, 9.17) is 0 Å². The fourth-order valence-electron chi connectivity index (χ4n) is 1.90. The second-order valence-electron chi connectivity index (χ2n) is 4.79. The molecule has 4 nitrogen and oxygen atoms in total. The van der Waals surface area contributed by atoms with Gasteiger partial charge in [-0.15, -0.1) is 0 Å². The lowest BCUT2D eigenvalue weighted by atomic mass is 10.1. The van der Waals surface area contributed by atoms with Crippen LogP contribution >= 0.6 is 15.9 Å². The molecule has 0 amide bonds. The molecule has 0 aliphatic rings. The highest BCUT2D eigenvalue weighted by molar-refractivity contribution is 9.10. The topological polar surface area (TPSA) is 55.1 Å². The van der Waals surface area contributed by atoms with Gasteiger partial charge < -0.3 is 5.11 Å². The summed E-state index contributed by atoms with van der Waals surface area (Å²) in [6.07, 6.45) is 1.59. The largest absolute Gasteiger partial charge is 0.478 e. The first kappa shape index (κ1) is 13.8. The lowest BCUT2D eigenvalue weighted by Crippen LogP contribution is -2.04. The van der Waals surface area contributed by atoms with Gasteiger partial charge in [0.2, 0.25) is 0 Å². The van der Waals surface area contributed by atoms with Crippen molar-refractivity contribution >= 4 is 21.9 Å². The number of aromatic carboxylic acids is 1. The molecule has 2 rings (SSSR count). The minimum Gasteiger partial charge on any atom is -0.478 e. The van der Waals surface area contributed by atoms with E-state index in [-0.39, 0.29) is 5.56 Å². The van der Waals surface area contributed by atoms with Crippen molar-refractivity contribution in [2.24, 2.45) is 5.92 Å². The number of hydrogen-bond donors (Lipinski definition) is 1. The van der Waals surface area contributed by atoms with Crippen molar-refractivity contribution in [1.29, 1.82) is 0 Å². The third-order valence-corrected chi connectivity index (χ3v) is 3.36. The molecular weight excluding hydrogens is 308 g/mol. The summed E-state index contributed by atoms with van der Waals surface area (Å²) in [7, 11) is 0. The number of aromatic nitrogens is 2. The highest BCUT2D eigenvalue weighted by Gasteiger charge is 2.18. The van der Waals surface area contributed by atoms with E-state index >= 15 is 0 Å². The Hall–Kier alpha value is -1.62. The Morgan fingerprint density at radius 3 is 2.68 bits per heavy atom. The smallest absolute Gasteiger partial charge is 0.339 e. The molecule has 19 heavy (non-hydrogen) atoms. The highest BCUT2D eigenvalue weighted by atomic mass is 79.9. The summed E-state index contributed by atoms with van der Waals surface area (Å²) in [5.41, 5.74) is 1.52. The van der Waals surface area contributed by atoms with E-state index in [0.717, 1.165) is 10.0 Å². The number of carbonyl (C=O) groups is 1. The van der Waals surface area contributed by atoms with E-state index in [0.29, 0.717) is 18.2 Å². The van der Waals surface area contributed by atoms with Crippen LogP contribution in [0.15, 0.2) is 34.9 Å². The van der Waals surface area contributed by atoms with Crippen LogP contribution < -0.4 is 0 Å². The molecule has 100 valence electrons. The third kappa shape index (κ3) is 3.04. The predicted octanol–water partition coefficient (Wildman–Crippen LogP) is 3.67. The predicted molar refractivity (Wildman–Crippen MR) is 77.2 cm³/mol. The van der Waals surface area contributed by atoms with E-state index in [1.807, 2.05) is 24.3 Å². The maximum Gasteiger partial charge on any atom is 0.339 e. The number of rotatable bonds is 4. The normalized spacial score (nSPS) is 10.9. The molecule has 0 aliphatic heterocycles. The molecule has 2 aromatic rings. The van der Waals surface area contributed by atoms with Crippen LogP contribution in [0.1, 0.15) is 24.2 Å². The minimum absolute atomic E-state index is 0.229. The van der Waals surface area contributed by atoms with Crippen LogP contribution in [0, 0.1) is 5.92 Å². The molecule has 1 aromatic heterocycles. The molecule has 0 unspecified atom stereocenters. The molecule has 0 saturated carbocycles. The van der Waals surface area contributed by atoms with Crippen LogP contribution in [0.3, 0.4) is 0 Å². The van der Waals surface area contributed by atoms with Gasteiger partial charge in [0.05, 0.1) is 0 Å². The van der Waals surface area contributed by atoms with Gasteiger partial charge in [-0.05, 0) is 12.0 Å². The molecule has 0 bridgehead atoms. The lowest BCUT2D eigenvalue weighted by Gasteiger charge is -2.04. The van der Waals surface area contributed by atoms with Crippen molar-refractivity contribution in [3.05, 3.63) is 40.5 Å². The Kier molecular flexibility index (Phi) is 4.04. The third-order valence-electron chi connectivity index (χ3n) is 2.67. The molecule has 1 N–H and O–H groups in total. The van der Waals surface area contributed by atoms with Crippen molar-refractivity contribution in [2.75, 3.05) is 0 Å². The summed E-state index contributed by atoms with van der Waals surface area (Å²) < 4.78 is 2.54. The molecule has 5 heteroatoms. The first-order chi connectivity index (χ1) is 8.99. The monoisotopic (exact) mass is 322 g/mol. The number of carboxylic acids is 1. The van der Waals surface area contributed by atoms with Gasteiger partial charge in [-0.1, -0.05) is 48.0 Å². The Morgan fingerprint density at radius 1 is 1.42 bits per heavy atom. The minimum atomic E-state index is -0.958. The molecule has 0 aliphatic carbocycles. The van der Waals surface area contributed by atoms with Gasteiger partial charge >= 0.3 is 5.97 Å². The standard InChI is InChI=1S/C14H15BrN2O2/c1-9(2)7-17-8-11(14(18)19)13(16-17)10-5-3-4-6-12(10)15/h3-6,8-9H,7H2,1-2H3,(H,18,19). The summed E-state index contributed by atoms with van der Waals surface area (Å²) in [5, 5.41) is 13.7. The van der Waals surface area contributed by atoms with Crippen LogP contribution in [0.5, 0.6) is 0 Å².